The third kappa shape index (κ3) is 3.58. The summed E-state index contributed by atoms with van der Waals surface area (Å²) in [5.74, 6) is -22.2. The molecule has 1 saturated heterocycles. The minimum Gasteiger partial charge on any atom is -0.448 e. The lowest BCUT2D eigenvalue weighted by Gasteiger charge is -2.55. The van der Waals surface area contributed by atoms with Crippen LogP contribution in [0.15, 0.2) is 0 Å². The Bertz CT molecular complexity index is 728. The molecule has 4 nitrogen and oxygen atoms in total. The number of ether oxygens (including phenoxy) is 2. The Hall–Kier alpha value is -1.52. The van der Waals surface area contributed by atoms with E-state index in [1.165, 1.54) is 0 Å². The second kappa shape index (κ2) is 7.50. The minimum absolute atomic E-state index is 0.0578. The first kappa shape index (κ1) is 28.5. The van der Waals surface area contributed by atoms with Crippen molar-refractivity contribution >= 4 is 5.97 Å². The summed E-state index contributed by atoms with van der Waals surface area (Å²) in [6, 6.07) is 0. The first-order valence-corrected chi connectivity index (χ1v) is 8.43. The van der Waals surface area contributed by atoms with E-state index in [4.69, 9.17) is 0 Å². The summed E-state index contributed by atoms with van der Waals surface area (Å²) < 4.78 is 184. The van der Waals surface area contributed by atoms with Crippen molar-refractivity contribution in [3.8, 4) is 0 Å². The van der Waals surface area contributed by atoms with E-state index < -0.39 is 72.1 Å². The predicted molar refractivity (Wildman–Crippen MR) is 75.4 cm³/mol. The van der Waals surface area contributed by atoms with E-state index in [0.717, 1.165) is 0 Å². The number of esters is 1. The molecular weight excluding hydrogens is 491 g/mol. The monoisotopic (exact) mass is 506 g/mol. The van der Waals surface area contributed by atoms with Gasteiger partial charge in [0.05, 0.1) is 0 Å². The number of aliphatic hydroxyl groups is 1. The molecule has 1 rings (SSSR count). The van der Waals surface area contributed by atoms with Gasteiger partial charge in [-0.05, 0) is 19.8 Å². The lowest BCUT2D eigenvalue weighted by molar-refractivity contribution is -0.540. The second-order valence-electron chi connectivity index (χ2n) is 7.14. The second-order valence-corrected chi connectivity index (χ2v) is 7.14. The molecule has 0 bridgehead atoms. The average molecular weight is 506 g/mol. The molecule has 1 heterocycles. The summed E-state index contributed by atoms with van der Waals surface area (Å²) in [5, 5.41) is 9.36. The van der Waals surface area contributed by atoms with Crippen LogP contribution < -0.4 is 0 Å². The highest BCUT2D eigenvalue weighted by molar-refractivity contribution is 5.77. The first-order valence-electron chi connectivity index (χ1n) is 8.43. The predicted octanol–water partition coefficient (Wildman–Crippen LogP) is 5.14. The van der Waals surface area contributed by atoms with E-state index in [1.807, 2.05) is 0 Å². The Labute approximate surface area is 170 Å². The molecule has 190 valence electrons. The molecule has 32 heavy (non-hydrogen) atoms. The fourth-order valence-electron chi connectivity index (χ4n) is 2.85. The van der Waals surface area contributed by atoms with Crippen molar-refractivity contribution in [3.05, 3.63) is 0 Å². The fraction of sp³-hybridized carbons (Fsp3) is 0.933. The molecule has 1 aliphatic heterocycles. The smallest absolute Gasteiger partial charge is 0.448 e. The van der Waals surface area contributed by atoms with Crippen LogP contribution >= 0.6 is 0 Å². The van der Waals surface area contributed by atoms with Crippen LogP contribution in [0.3, 0.4) is 0 Å². The molecule has 0 aliphatic carbocycles. The van der Waals surface area contributed by atoms with Gasteiger partial charge < -0.3 is 14.6 Å². The highest BCUT2D eigenvalue weighted by Crippen LogP contribution is 2.63. The zero-order chi connectivity index (χ0) is 26.0. The van der Waals surface area contributed by atoms with Gasteiger partial charge in [-0.3, -0.25) is 4.79 Å². The highest BCUT2D eigenvalue weighted by Gasteiger charge is 2.91. The van der Waals surface area contributed by atoms with Crippen LogP contribution in [0.1, 0.15) is 33.6 Å². The maximum Gasteiger partial charge on any atom is 0.449 e. The van der Waals surface area contributed by atoms with Gasteiger partial charge in [0.2, 0.25) is 11.7 Å². The molecule has 0 amide bonds. The fourth-order valence-corrected chi connectivity index (χ4v) is 2.85. The summed E-state index contributed by atoms with van der Waals surface area (Å²) in [5.41, 5.74) is -9.40. The lowest BCUT2D eigenvalue weighted by atomic mass is 9.78. The maximum absolute atomic E-state index is 14.7. The van der Waals surface area contributed by atoms with Gasteiger partial charge in [0.1, 0.15) is 0 Å². The van der Waals surface area contributed by atoms with Crippen LogP contribution in [-0.2, 0) is 14.3 Å². The van der Waals surface area contributed by atoms with E-state index in [2.05, 4.69) is 9.47 Å². The molecule has 1 fully saturated rings. The van der Waals surface area contributed by atoms with Crippen LogP contribution in [0.4, 0.5) is 57.1 Å². The number of alkyl halides is 13. The van der Waals surface area contributed by atoms with Crippen molar-refractivity contribution in [1.82, 2.24) is 0 Å². The molecule has 0 radical (unpaired) electrons. The first-order chi connectivity index (χ1) is 13.8. The molecule has 17 heteroatoms. The summed E-state index contributed by atoms with van der Waals surface area (Å²) in [4.78, 5) is 11.9. The Morgan fingerprint density at radius 1 is 0.906 bits per heavy atom. The summed E-state index contributed by atoms with van der Waals surface area (Å²) in [6.45, 7) is 0.650. The van der Waals surface area contributed by atoms with Crippen molar-refractivity contribution in [3.63, 3.8) is 0 Å². The van der Waals surface area contributed by atoms with E-state index in [1.54, 1.807) is 0 Å². The highest BCUT2D eigenvalue weighted by atomic mass is 19.4. The third-order valence-corrected chi connectivity index (χ3v) is 5.32. The molecule has 1 aliphatic rings. The molecule has 0 aromatic heterocycles. The number of hydrogen-bond donors (Lipinski definition) is 1. The third-order valence-electron chi connectivity index (χ3n) is 5.32. The van der Waals surface area contributed by atoms with E-state index in [-0.39, 0.29) is 13.8 Å². The lowest BCUT2D eigenvalue weighted by Crippen LogP contribution is -2.83. The number of carbonyl (C=O) groups is 1. The van der Waals surface area contributed by atoms with Crippen LogP contribution in [0.25, 0.3) is 0 Å². The zero-order valence-electron chi connectivity index (χ0n) is 16.1. The summed E-state index contributed by atoms with van der Waals surface area (Å²) >= 11 is 0. The van der Waals surface area contributed by atoms with E-state index >= 15 is 0 Å². The van der Waals surface area contributed by atoms with Gasteiger partial charge >= 0.3 is 42.1 Å². The SMILES string of the molecule is CCC(C)(C(=O)OC1C(F)(F)C(O)(C(F)(F)F)OC(CC)(C(F)(F)F)C1(F)F)C(F)(F)F. The Kier molecular flexibility index (Phi) is 6.68. The number of hydrogen-bond acceptors (Lipinski definition) is 4. The van der Waals surface area contributed by atoms with Crippen molar-refractivity contribution in [2.75, 3.05) is 0 Å². The van der Waals surface area contributed by atoms with Gasteiger partial charge in [0.15, 0.2) is 5.41 Å². The molecule has 0 aromatic carbocycles. The largest absolute Gasteiger partial charge is 0.449 e. The Morgan fingerprint density at radius 2 is 1.34 bits per heavy atom. The maximum atomic E-state index is 14.7. The van der Waals surface area contributed by atoms with Gasteiger partial charge in [-0.1, -0.05) is 13.8 Å². The molecule has 1 N–H and O–H groups in total. The van der Waals surface area contributed by atoms with Crippen molar-refractivity contribution < 1.29 is 76.5 Å². The zero-order valence-corrected chi connectivity index (χ0v) is 16.1. The number of rotatable bonds is 4. The molecule has 4 unspecified atom stereocenters. The average Bonchev–Trinajstić information content (AvgIpc) is 2.58. The van der Waals surface area contributed by atoms with Gasteiger partial charge in [-0.25, -0.2) is 0 Å². The van der Waals surface area contributed by atoms with Gasteiger partial charge in [-0.15, -0.1) is 0 Å². The quantitative estimate of drug-likeness (QED) is 0.424. The van der Waals surface area contributed by atoms with Crippen molar-refractivity contribution in [1.29, 1.82) is 0 Å². The number of halogens is 13. The van der Waals surface area contributed by atoms with Crippen LogP contribution in [0.2, 0.25) is 0 Å². The van der Waals surface area contributed by atoms with Gasteiger partial charge in [-0.2, -0.15) is 57.1 Å². The summed E-state index contributed by atoms with van der Waals surface area (Å²) in [7, 11) is 0. The van der Waals surface area contributed by atoms with Crippen LogP contribution in [0.5, 0.6) is 0 Å². The van der Waals surface area contributed by atoms with Crippen LogP contribution in [-0.4, -0.2) is 58.9 Å². The topological polar surface area (TPSA) is 55.8 Å². The van der Waals surface area contributed by atoms with Gasteiger partial charge in [0, 0.05) is 0 Å². The molecule has 4 atom stereocenters. The number of carbonyl (C=O) groups excluding carboxylic acids is 1. The van der Waals surface area contributed by atoms with Crippen molar-refractivity contribution in [2.45, 2.75) is 81.5 Å². The molecule has 0 spiro atoms. The molecule has 0 saturated carbocycles. The Balaban J connectivity index is 3.89. The van der Waals surface area contributed by atoms with Gasteiger partial charge in [0.25, 0.3) is 0 Å². The van der Waals surface area contributed by atoms with E-state index in [9.17, 15) is 67.0 Å². The molecular formula is C15H15F13O4. The van der Waals surface area contributed by atoms with E-state index in [0.29, 0.717) is 6.92 Å². The van der Waals surface area contributed by atoms with Crippen LogP contribution in [0, 0.1) is 5.41 Å². The molecule has 0 aromatic rings. The van der Waals surface area contributed by atoms with Crippen molar-refractivity contribution in [2.24, 2.45) is 5.41 Å². The Morgan fingerprint density at radius 3 is 1.62 bits per heavy atom. The minimum atomic E-state index is -6.90. The summed E-state index contributed by atoms with van der Waals surface area (Å²) in [6.07, 6.45) is -28.0. The normalized spacial score (nSPS) is 32.8. The standard InChI is InChI=1S/C15H15F13O4/c1-4-8(3,13(20,21)22)7(29)31-6-10(16,17)9(5-2,14(23,24)25)32-12(30,11(6,18)19)15(26,27)28/h6,30H,4-5H2,1-3H3.